The maximum Gasteiger partial charge on any atom is 0.147 e. The maximum atomic E-state index is 10.9. The number of aromatic hydroxyl groups is 1. The van der Waals surface area contributed by atoms with Crippen LogP contribution in [0, 0.1) is 0 Å². The summed E-state index contributed by atoms with van der Waals surface area (Å²) in [6.07, 6.45) is 1.67. The Bertz CT molecular complexity index is 1080. The molecule has 4 rings (SSSR count). The number of aromatic nitrogens is 1. The first-order valence-corrected chi connectivity index (χ1v) is 9.21. The van der Waals surface area contributed by atoms with Crippen molar-refractivity contribution in [3.63, 3.8) is 0 Å². The Balaban J connectivity index is 1.85. The van der Waals surface area contributed by atoms with Crippen LogP contribution in [0.5, 0.6) is 5.75 Å². The van der Waals surface area contributed by atoms with Crippen molar-refractivity contribution < 1.29 is 5.11 Å². The van der Waals surface area contributed by atoms with Gasteiger partial charge in [0.25, 0.3) is 0 Å². The van der Waals surface area contributed by atoms with Crippen molar-refractivity contribution in [1.82, 2.24) is 4.98 Å². The van der Waals surface area contributed by atoms with Gasteiger partial charge in [0.05, 0.1) is 6.04 Å². The number of hydrogen-bond donors (Lipinski definition) is 2. The summed E-state index contributed by atoms with van der Waals surface area (Å²) in [6, 6.07) is 22.5. The van der Waals surface area contributed by atoms with Gasteiger partial charge in [-0.25, -0.2) is 0 Å². The molecule has 5 heteroatoms. The van der Waals surface area contributed by atoms with Gasteiger partial charge in [-0.05, 0) is 29.8 Å². The molecular weight excluding hydrogens is 379 g/mol. The topological polar surface area (TPSA) is 45.1 Å². The zero-order valence-corrected chi connectivity index (χ0v) is 15.7. The van der Waals surface area contributed by atoms with Crippen molar-refractivity contribution in [2.45, 2.75) is 6.04 Å². The van der Waals surface area contributed by atoms with Crippen LogP contribution in [0.4, 0.5) is 5.69 Å². The van der Waals surface area contributed by atoms with Crippen LogP contribution in [0.3, 0.4) is 0 Å². The SMILES string of the molecule is Oc1c([C@H](Nc2cc(Cl)cc(Cl)c2)c2ccccc2)ccc2cccnc12. The van der Waals surface area contributed by atoms with E-state index in [2.05, 4.69) is 10.3 Å². The van der Waals surface area contributed by atoms with Crippen molar-refractivity contribution in [3.05, 3.63) is 100 Å². The van der Waals surface area contributed by atoms with Crippen molar-refractivity contribution in [2.24, 2.45) is 0 Å². The summed E-state index contributed by atoms with van der Waals surface area (Å²) in [4.78, 5) is 4.33. The van der Waals surface area contributed by atoms with Gasteiger partial charge in [-0.3, -0.25) is 4.98 Å². The second-order valence-electron chi connectivity index (χ2n) is 6.22. The molecule has 1 aromatic heterocycles. The highest BCUT2D eigenvalue weighted by Crippen LogP contribution is 2.37. The number of phenolic OH excluding ortho intramolecular Hbond substituents is 1. The third-order valence-corrected chi connectivity index (χ3v) is 4.83. The molecule has 0 radical (unpaired) electrons. The number of pyridine rings is 1. The summed E-state index contributed by atoms with van der Waals surface area (Å²) in [5.41, 5.74) is 3.06. The van der Waals surface area contributed by atoms with Gasteiger partial charge in [-0.1, -0.05) is 71.7 Å². The summed E-state index contributed by atoms with van der Waals surface area (Å²) < 4.78 is 0. The zero-order valence-electron chi connectivity index (χ0n) is 14.2. The number of phenols is 1. The van der Waals surface area contributed by atoms with E-state index >= 15 is 0 Å². The monoisotopic (exact) mass is 394 g/mol. The van der Waals surface area contributed by atoms with Crippen LogP contribution in [0.25, 0.3) is 10.9 Å². The van der Waals surface area contributed by atoms with Crippen LogP contribution in [-0.4, -0.2) is 10.1 Å². The molecule has 134 valence electrons. The lowest BCUT2D eigenvalue weighted by Crippen LogP contribution is -2.13. The number of rotatable bonds is 4. The van der Waals surface area contributed by atoms with Gasteiger partial charge in [0.2, 0.25) is 0 Å². The third kappa shape index (κ3) is 3.70. The molecule has 3 nitrogen and oxygen atoms in total. The molecule has 0 aliphatic carbocycles. The Morgan fingerprint density at radius 1 is 0.852 bits per heavy atom. The van der Waals surface area contributed by atoms with Crippen LogP contribution in [0.15, 0.2) is 79.0 Å². The van der Waals surface area contributed by atoms with Gasteiger partial charge in [0.1, 0.15) is 11.3 Å². The first-order chi connectivity index (χ1) is 13.1. The molecule has 4 aromatic rings. The summed E-state index contributed by atoms with van der Waals surface area (Å²) >= 11 is 12.3. The Hall–Kier alpha value is -2.75. The summed E-state index contributed by atoms with van der Waals surface area (Å²) in [5.74, 6) is 0.155. The Labute approximate surface area is 167 Å². The van der Waals surface area contributed by atoms with E-state index in [0.29, 0.717) is 15.6 Å². The largest absolute Gasteiger partial charge is 0.505 e. The van der Waals surface area contributed by atoms with E-state index in [9.17, 15) is 5.11 Å². The Kier molecular flexibility index (Phi) is 4.88. The number of fused-ring (bicyclic) bond motifs is 1. The fourth-order valence-corrected chi connectivity index (χ4v) is 3.69. The molecule has 0 spiro atoms. The van der Waals surface area contributed by atoms with Crippen molar-refractivity contribution in [1.29, 1.82) is 0 Å². The molecule has 0 amide bonds. The van der Waals surface area contributed by atoms with Gasteiger partial charge in [0.15, 0.2) is 0 Å². The van der Waals surface area contributed by atoms with Crippen molar-refractivity contribution in [2.75, 3.05) is 5.32 Å². The molecule has 0 aliphatic rings. The molecule has 1 atom stereocenters. The molecule has 1 heterocycles. The Morgan fingerprint density at radius 2 is 1.59 bits per heavy atom. The predicted octanol–water partition coefficient (Wildman–Crippen LogP) is 6.45. The second-order valence-corrected chi connectivity index (χ2v) is 7.10. The highest BCUT2D eigenvalue weighted by atomic mass is 35.5. The van der Waals surface area contributed by atoms with E-state index in [-0.39, 0.29) is 11.8 Å². The van der Waals surface area contributed by atoms with Gasteiger partial charge in [0, 0.05) is 32.9 Å². The molecule has 2 N–H and O–H groups in total. The quantitative estimate of drug-likeness (QED) is 0.418. The van der Waals surface area contributed by atoms with Crippen LogP contribution in [-0.2, 0) is 0 Å². The highest BCUT2D eigenvalue weighted by molar-refractivity contribution is 6.35. The van der Waals surface area contributed by atoms with Gasteiger partial charge in [-0.2, -0.15) is 0 Å². The first kappa shape index (κ1) is 17.7. The fourth-order valence-electron chi connectivity index (χ4n) is 3.17. The minimum atomic E-state index is -0.299. The molecule has 0 aliphatic heterocycles. The second kappa shape index (κ2) is 7.47. The lowest BCUT2D eigenvalue weighted by atomic mass is 9.96. The molecule has 0 bridgehead atoms. The van der Waals surface area contributed by atoms with Crippen molar-refractivity contribution in [3.8, 4) is 5.75 Å². The summed E-state index contributed by atoms with van der Waals surface area (Å²) in [7, 11) is 0. The maximum absolute atomic E-state index is 10.9. The van der Waals surface area contributed by atoms with Crippen LogP contribution < -0.4 is 5.32 Å². The average Bonchev–Trinajstić information content (AvgIpc) is 2.67. The van der Waals surface area contributed by atoms with E-state index in [1.165, 1.54) is 0 Å². The number of halogens is 2. The van der Waals surface area contributed by atoms with Gasteiger partial charge in [-0.15, -0.1) is 0 Å². The lowest BCUT2D eigenvalue weighted by molar-refractivity contribution is 0.472. The smallest absolute Gasteiger partial charge is 0.147 e. The Morgan fingerprint density at radius 3 is 2.33 bits per heavy atom. The molecule has 0 saturated heterocycles. The number of anilines is 1. The average molecular weight is 395 g/mol. The molecule has 0 fully saturated rings. The number of benzene rings is 3. The van der Waals surface area contributed by atoms with Crippen LogP contribution in [0.1, 0.15) is 17.2 Å². The molecule has 27 heavy (non-hydrogen) atoms. The summed E-state index contributed by atoms with van der Waals surface area (Å²) in [6.45, 7) is 0. The molecule has 0 unspecified atom stereocenters. The molecular formula is C22H16Cl2N2O. The predicted molar refractivity (Wildman–Crippen MR) is 112 cm³/mol. The van der Waals surface area contributed by atoms with Crippen molar-refractivity contribution >= 4 is 39.8 Å². The number of hydrogen-bond acceptors (Lipinski definition) is 3. The van der Waals surface area contributed by atoms with Gasteiger partial charge < -0.3 is 10.4 Å². The molecule has 3 aromatic carbocycles. The lowest BCUT2D eigenvalue weighted by Gasteiger charge is -2.23. The zero-order chi connectivity index (χ0) is 18.8. The van der Waals surface area contributed by atoms with Crippen LogP contribution >= 0.6 is 23.2 Å². The minimum Gasteiger partial charge on any atom is -0.505 e. The van der Waals surface area contributed by atoms with E-state index in [1.807, 2.05) is 54.6 Å². The van der Waals surface area contributed by atoms with E-state index in [1.54, 1.807) is 24.4 Å². The first-order valence-electron chi connectivity index (χ1n) is 8.46. The summed E-state index contributed by atoms with van der Waals surface area (Å²) in [5, 5.41) is 16.3. The van der Waals surface area contributed by atoms with E-state index in [4.69, 9.17) is 23.2 Å². The van der Waals surface area contributed by atoms with Gasteiger partial charge >= 0.3 is 0 Å². The normalized spacial score (nSPS) is 12.1. The van der Waals surface area contributed by atoms with Crippen LogP contribution in [0.2, 0.25) is 10.0 Å². The highest BCUT2D eigenvalue weighted by Gasteiger charge is 2.20. The number of nitrogens with one attached hydrogen (secondary N) is 1. The third-order valence-electron chi connectivity index (χ3n) is 4.40. The fraction of sp³-hybridized carbons (Fsp3) is 0.0455. The number of nitrogens with zero attached hydrogens (tertiary/aromatic N) is 1. The minimum absolute atomic E-state index is 0.155. The molecule has 0 saturated carbocycles. The standard InChI is InChI=1S/C22H16Cl2N2O/c23-16-11-17(24)13-18(12-16)26-20(14-5-2-1-3-6-14)19-9-8-15-7-4-10-25-21(15)22(19)27/h1-13,20,26-27H/t20-/m1/s1. The van der Waals surface area contributed by atoms with E-state index < -0.39 is 0 Å². The van der Waals surface area contributed by atoms with E-state index in [0.717, 1.165) is 22.2 Å².